The van der Waals surface area contributed by atoms with Gasteiger partial charge in [-0.1, -0.05) is 106 Å². The third kappa shape index (κ3) is 22.9. The minimum atomic E-state index is -2.07. The number of cyclic esters (lactones) is 1. The summed E-state index contributed by atoms with van der Waals surface area (Å²) in [5.74, 6) is -4.84. The molecule has 2 bridgehead atoms. The molecular formula is C59H88N2O17. The molecular weight excluding hydrogens is 1010 g/mol. The third-order valence-corrected chi connectivity index (χ3v) is 14.5. The molecule has 3 aliphatic rings. The molecule has 2 fully saturated rings. The van der Waals surface area contributed by atoms with Crippen LogP contribution in [0.25, 0.3) is 0 Å². The Hall–Kier alpha value is -4.55. The lowest BCUT2D eigenvalue weighted by Gasteiger charge is -2.45. The number of nitrogens with one attached hydrogen (secondary N) is 1. The smallest absolute Gasteiger partial charge is 0.308 e. The molecule has 436 valence electrons. The number of fused-ring (bicyclic) bond motifs is 2. The van der Waals surface area contributed by atoms with Crippen LogP contribution >= 0.6 is 0 Å². The van der Waals surface area contributed by atoms with Crippen LogP contribution in [0.3, 0.4) is 0 Å². The Morgan fingerprint density at radius 3 is 1.87 bits per heavy atom. The van der Waals surface area contributed by atoms with Crippen LogP contribution in [-0.4, -0.2) is 173 Å². The Bertz CT molecular complexity index is 2200. The largest absolute Gasteiger partial charge is 0.461 e. The summed E-state index contributed by atoms with van der Waals surface area (Å²) < 4.78 is 24.1. The number of rotatable bonds is 10. The van der Waals surface area contributed by atoms with E-state index in [1.54, 1.807) is 93.8 Å². The van der Waals surface area contributed by atoms with Gasteiger partial charge in [-0.2, -0.15) is 0 Å². The first-order valence-corrected chi connectivity index (χ1v) is 27.3. The molecule has 0 amide bonds. The summed E-state index contributed by atoms with van der Waals surface area (Å²) in [6.45, 7) is 7.09. The van der Waals surface area contributed by atoms with Crippen LogP contribution in [-0.2, 0) is 28.5 Å². The first-order valence-electron chi connectivity index (χ1n) is 27.3. The molecule has 19 nitrogen and oxygen atoms in total. The second kappa shape index (κ2) is 33.3. The highest BCUT2D eigenvalue weighted by Gasteiger charge is 2.47. The van der Waals surface area contributed by atoms with Crippen LogP contribution in [0.15, 0.2) is 109 Å². The zero-order chi connectivity index (χ0) is 57.5. The van der Waals surface area contributed by atoms with Crippen LogP contribution in [0.5, 0.6) is 0 Å². The second-order valence-electron chi connectivity index (χ2n) is 21.4. The highest BCUT2D eigenvalue weighted by Crippen LogP contribution is 2.38. The van der Waals surface area contributed by atoms with E-state index in [0.717, 1.165) is 5.69 Å². The van der Waals surface area contributed by atoms with Gasteiger partial charge in [0.15, 0.2) is 17.9 Å². The first kappa shape index (κ1) is 66.0. The Balaban J connectivity index is 1.51. The topological polar surface area (TPSA) is 328 Å². The van der Waals surface area contributed by atoms with Gasteiger partial charge in [0.05, 0.1) is 73.5 Å². The van der Waals surface area contributed by atoms with Crippen LogP contribution in [0, 0.1) is 17.8 Å². The van der Waals surface area contributed by atoms with Crippen molar-refractivity contribution in [3.8, 4) is 0 Å². The van der Waals surface area contributed by atoms with E-state index in [-0.39, 0.29) is 62.6 Å². The molecule has 1 aromatic rings. The van der Waals surface area contributed by atoms with Crippen LogP contribution < -0.4 is 11.1 Å². The van der Waals surface area contributed by atoms with Crippen molar-refractivity contribution in [2.24, 2.45) is 23.5 Å². The number of hydrogen-bond acceptors (Lipinski definition) is 19. The highest BCUT2D eigenvalue weighted by molar-refractivity contribution is 5.96. The van der Waals surface area contributed by atoms with E-state index in [4.69, 9.17) is 24.7 Å². The van der Waals surface area contributed by atoms with Crippen LogP contribution in [0.1, 0.15) is 115 Å². The van der Waals surface area contributed by atoms with E-state index in [1.165, 1.54) is 0 Å². The Morgan fingerprint density at radius 2 is 1.27 bits per heavy atom. The number of benzene rings is 1. The molecule has 0 radical (unpaired) electrons. The maximum atomic E-state index is 13.3. The van der Waals surface area contributed by atoms with Crippen molar-refractivity contribution >= 4 is 23.2 Å². The van der Waals surface area contributed by atoms with Gasteiger partial charge >= 0.3 is 5.97 Å². The number of nitrogens with two attached hydrogens (primary N) is 1. The first-order chi connectivity index (χ1) is 37.0. The van der Waals surface area contributed by atoms with Gasteiger partial charge in [-0.25, -0.2) is 0 Å². The summed E-state index contributed by atoms with van der Waals surface area (Å²) >= 11 is 0. The van der Waals surface area contributed by atoms with Gasteiger partial charge in [0, 0.05) is 68.7 Å². The fourth-order valence-corrected chi connectivity index (χ4v) is 9.87. The molecule has 19 heteroatoms. The standard InChI is InChI=1S/C59H88N2O17/c1-36-18-16-14-12-10-8-6-7-9-11-13-15-17-19-49(76-58-56(73)55(72)54(60)39(4)75-58)33-52-38(3)51(70)35-59(74,78-52)34-48(68)30-46(66)28-44(64)26-43(63)27-45(65)29-47(67)32-53(71)77-57(36)37(2)20-25-42(62)31-50(69)40-21-23-41(61-5)24-22-40/h6-19,21-24,36-39,42-44,46-49,51-52,54-58,61-64,66-68,70,72-74H,20,25-35,60H2,1-5H3/b7-6-,10-8-,11-9-,14-12-,15-13-,18-16-,19-17-/t36-,37-,38+,39+,42?,43+,44-,46-,47+,48-,49-,51-,52-,54+,55-,56-,57?,58-,59-/m0/s1. The Morgan fingerprint density at radius 1 is 0.718 bits per heavy atom. The molecule has 19 atom stereocenters. The van der Waals surface area contributed by atoms with Gasteiger partial charge < -0.3 is 81.1 Å². The van der Waals surface area contributed by atoms with Crippen molar-refractivity contribution in [3.05, 3.63) is 115 Å². The number of anilines is 1. The SMILES string of the molecule is CNc1ccc(C(=O)CC(O)CC[C@H](C)C2OC(=O)C[C@H](O)CC(=O)C[C@H](O)C[C@H](O)C[C@H](O)C[C@H](O)C[C@@]3(O)C[C@H](O)[C@@H](C)[C@H](C[C@@H](O[C@@H]4O[C@H](C)[C@@H](N)[C@H](O)[C@@H]4O)\C=C/C=C\C=C/C=C\C=C/C=C\C=C/[C@@H]2C)O3)cc1. The molecule has 2 saturated heterocycles. The predicted molar refractivity (Wildman–Crippen MR) is 293 cm³/mol. The minimum absolute atomic E-state index is 0.0224. The summed E-state index contributed by atoms with van der Waals surface area (Å²) in [5, 5.41) is 112. The van der Waals surface area contributed by atoms with E-state index >= 15 is 0 Å². The summed E-state index contributed by atoms with van der Waals surface area (Å²) in [4.78, 5) is 39.2. The number of carbonyl (C=O) groups is 3. The van der Waals surface area contributed by atoms with Gasteiger partial charge in [-0.15, -0.1) is 0 Å². The number of Topliss-reactive ketones (excluding diaryl/α,β-unsaturated/α-hetero) is 2. The van der Waals surface area contributed by atoms with Gasteiger partial charge in [0.25, 0.3) is 0 Å². The lowest BCUT2D eigenvalue weighted by molar-refractivity contribution is -0.309. The number of carbonyl (C=O) groups excluding carboxylic acids is 3. The number of aliphatic hydroxyl groups excluding tert-OH is 9. The molecule has 2 unspecified atom stereocenters. The zero-order valence-electron chi connectivity index (χ0n) is 45.7. The number of ketones is 2. The lowest BCUT2D eigenvalue weighted by Crippen LogP contribution is -2.61. The molecule has 0 aliphatic carbocycles. The zero-order valence-corrected chi connectivity index (χ0v) is 45.7. The number of hydrogen-bond donors (Lipinski definition) is 12. The quantitative estimate of drug-likeness (QED) is 0.117. The molecule has 13 N–H and O–H groups in total. The number of ether oxygens (including phenoxy) is 4. The molecule has 3 aliphatic heterocycles. The molecule has 3 heterocycles. The van der Waals surface area contributed by atoms with E-state index in [1.807, 2.05) is 50.3 Å². The maximum Gasteiger partial charge on any atom is 0.308 e. The highest BCUT2D eigenvalue weighted by atomic mass is 16.7. The monoisotopic (exact) mass is 1100 g/mol. The predicted octanol–water partition coefficient (Wildman–Crippen LogP) is 3.68. The summed E-state index contributed by atoms with van der Waals surface area (Å²) in [6, 6.07) is 6.07. The third-order valence-electron chi connectivity index (χ3n) is 14.5. The average molecular weight is 1100 g/mol. The van der Waals surface area contributed by atoms with Crippen molar-refractivity contribution in [1.29, 1.82) is 0 Å². The number of allylic oxidation sites excluding steroid dienone is 12. The molecule has 0 aromatic heterocycles. The summed E-state index contributed by atoms with van der Waals surface area (Å²) in [7, 11) is 1.77. The van der Waals surface area contributed by atoms with Crippen molar-refractivity contribution in [2.45, 2.75) is 202 Å². The summed E-state index contributed by atoms with van der Waals surface area (Å²) in [6.07, 6.45) is 6.18. The number of aliphatic hydroxyl groups is 10. The second-order valence-corrected chi connectivity index (χ2v) is 21.4. The minimum Gasteiger partial charge on any atom is -0.461 e. The molecule has 78 heavy (non-hydrogen) atoms. The van der Waals surface area contributed by atoms with Gasteiger partial charge in [-0.3, -0.25) is 14.4 Å². The van der Waals surface area contributed by atoms with Crippen LogP contribution in [0.4, 0.5) is 5.69 Å². The molecule has 1 aromatic carbocycles. The van der Waals surface area contributed by atoms with E-state index < -0.39 is 141 Å². The van der Waals surface area contributed by atoms with E-state index in [9.17, 15) is 65.4 Å². The van der Waals surface area contributed by atoms with Crippen molar-refractivity contribution in [3.63, 3.8) is 0 Å². The van der Waals surface area contributed by atoms with Crippen molar-refractivity contribution in [1.82, 2.24) is 0 Å². The van der Waals surface area contributed by atoms with Crippen molar-refractivity contribution in [2.75, 3.05) is 12.4 Å². The lowest BCUT2D eigenvalue weighted by atomic mass is 9.84. The fraction of sp³-hybridized carbons (Fsp3) is 0.610. The average Bonchev–Trinajstić information content (AvgIpc) is 3.38. The van der Waals surface area contributed by atoms with Crippen molar-refractivity contribution < 1.29 is 84.4 Å². The Kier molecular flexibility index (Phi) is 28.1. The van der Waals surface area contributed by atoms with Crippen LogP contribution in [0.2, 0.25) is 0 Å². The molecule has 0 spiro atoms. The molecule has 4 rings (SSSR count). The maximum absolute atomic E-state index is 13.3. The normalized spacial score (nSPS) is 38.8. The molecule has 0 saturated carbocycles. The fourth-order valence-electron chi connectivity index (χ4n) is 9.87. The Labute approximate surface area is 459 Å². The van der Waals surface area contributed by atoms with Gasteiger partial charge in [-0.05, 0) is 69.2 Å². The van der Waals surface area contributed by atoms with E-state index in [0.29, 0.717) is 12.0 Å². The van der Waals surface area contributed by atoms with Gasteiger partial charge in [0.1, 0.15) is 24.1 Å². The van der Waals surface area contributed by atoms with E-state index in [2.05, 4.69) is 5.32 Å². The van der Waals surface area contributed by atoms with Gasteiger partial charge in [0.2, 0.25) is 0 Å². The summed E-state index contributed by atoms with van der Waals surface area (Å²) in [5.41, 5.74) is 7.33. The number of esters is 1.